The highest BCUT2D eigenvalue weighted by molar-refractivity contribution is 7.16. The molecule has 0 N–H and O–H groups in total. The highest BCUT2D eigenvalue weighted by atomic mass is 32.1. The largest absolute Gasteiger partial charge is 0.316 e. The molecule has 0 aliphatic heterocycles. The number of rotatable bonds is 5. The van der Waals surface area contributed by atoms with Gasteiger partial charge >= 0.3 is 0 Å². The number of amides is 1. The van der Waals surface area contributed by atoms with Gasteiger partial charge in [-0.15, -0.1) is 0 Å². The van der Waals surface area contributed by atoms with E-state index < -0.39 is 10.8 Å². The van der Waals surface area contributed by atoms with Gasteiger partial charge in [0.25, 0.3) is 11.6 Å². The number of nitro groups is 1. The number of thiazole rings is 1. The molecular weight excluding hydrogens is 362 g/mol. The number of carbonyl (C=O) groups excluding carboxylic acids is 1. The Labute approximate surface area is 160 Å². The second-order valence-corrected chi connectivity index (χ2v) is 7.15. The lowest BCUT2D eigenvalue weighted by atomic mass is 10.2. The maximum Gasteiger partial charge on any atom is 0.272 e. The number of carbonyl (C=O) groups is 1. The first kappa shape index (κ1) is 18.7. The van der Waals surface area contributed by atoms with Crippen molar-refractivity contribution in [3.05, 3.63) is 74.6 Å². The predicted octanol–water partition coefficient (Wildman–Crippen LogP) is 4.47. The highest BCUT2D eigenvalue weighted by Crippen LogP contribution is 2.19. The van der Waals surface area contributed by atoms with Gasteiger partial charge in [0.05, 0.1) is 15.1 Å². The van der Waals surface area contributed by atoms with Crippen molar-refractivity contribution < 1.29 is 9.72 Å². The number of nitro benzene ring substituents is 1. The Morgan fingerprint density at radius 2 is 2.11 bits per heavy atom. The molecule has 0 aliphatic rings. The van der Waals surface area contributed by atoms with Crippen LogP contribution < -0.4 is 4.80 Å². The van der Waals surface area contributed by atoms with Crippen LogP contribution in [-0.2, 0) is 11.3 Å². The van der Waals surface area contributed by atoms with E-state index in [2.05, 4.69) is 34.7 Å². The fourth-order valence-electron chi connectivity index (χ4n) is 2.75. The van der Waals surface area contributed by atoms with Crippen molar-refractivity contribution in [2.24, 2.45) is 4.99 Å². The standard InChI is InChI=1S/C20H19N3O3S/c1-3-11-22-17-9-7-14(2)12-18(17)27-20(22)21-19(24)10-8-15-5-4-6-16(13-15)23(25)26/h4-10,12-13H,3,11H2,1-2H3/b10-8+,21-20?. The summed E-state index contributed by atoms with van der Waals surface area (Å²) in [6.45, 7) is 4.90. The minimum atomic E-state index is -0.462. The van der Waals surface area contributed by atoms with Crippen molar-refractivity contribution in [1.29, 1.82) is 0 Å². The lowest BCUT2D eigenvalue weighted by Gasteiger charge is -2.02. The van der Waals surface area contributed by atoms with E-state index in [-0.39, 0.29) is 5.69 Å². The summed E-state index contributed by atoms with van der Waals surface area (Å²) in [6.07, 6.45) is 3.82. The topological polar surface area (TPSA) is 77.5 Å². The summed E-state index contributed by atoms with van der Waals surface area (Å²) < 4.78 is 3.15. The molecular formula is C20H19N3O3S. The van der Waals surface area contributed by atoms with Gasteiger partial charge in [-0.3, -0.25) is 14.9 Å². The van der Waals surface area contributed by atoms with E-state index in [1.165, 1.54) is 29.5 Å². The molecule has 0 spiro atoms. The smallest absolute Gasteiger partial charge is 0.272 e. The van der Waals surface area contributed by atoms with Gasteiger partial charge in [-0.05, 0) is 42.7 Å². The number of benzene rings is 2. The third-order valence-electron chi connectivity index (χ3n) is 3.99. The quantitative estimate of drug-likeness (QED) is 0.372. The highest BCUT2D eigenvalue weighted by Gasteiger charge is 2.07. The minimum Gasteiger partial charge on any atom is -0.316 e. The average molecular weight is 381 g/mol. The Morgan fingerprint density at radius 3 is 2.85 bits per heavy atom. The maximum absolute atomic E-state index is 12.3. The second-order valence-electron chi connectivity index (χ2n) is 6.14. The Bertz CT molecular complexity index is 1110. The van der Waals surface area contributed by atoms with Crippen molar-refractivity contribution in [3.63, 3.8) is 0 Å². The number of non-ortho nitro benzene ring substituents is 1. The third kappa shape index (κ3) is 4.38. The molecule has 2 aromatic carbocycles. The Kier molecular flexibility index (Phi) is 5.61. The van der Waals surface area contributed by atoms with Crippen molar-refractivity contribution in [3.8, 4) is 0 Å². The summed E-state index contributed by atoms with van der Waals surface area (Å²) in [4.78, 5) is 27.6. The van der Waals surface area contributed by atoms with E-state index >= 15 is 0 Å². The van der Waals surface area contributed by atoms with Crippen LogP contribution in [0.2, 0.25) is 0 Å². The van der Waals surface area contributed by atoms with Crippen LogP contribution in [0.15, 0.2) is 53.5 Å². The van der Waals surface area contributed by atoms with E-state index in [0.717, 1.165) is 28.7 Å². The first-order valence-electron chi connectivity index (χ1n) is 8.59. The van der Waals surface area contributed by atoms with Gasteiger partial charge in [0.15, 0.2) is 4.80 Å². The molecule has 3 rings (SSSR count). The number of nitrogens with zero attached hydrogens (tertiary/aromatic N) is 3. The molecule has 7 heteroatoms. The van der Waals surface area contributed by atoms with Crippen LogP contribution in [0.25, 0.3) is 16.3 Å². The molecule has 0 aliphatic carbocycles. The Morgan fingerprint density at radius 1 is 1.30 bits per heavy atom. The van der Waals surface area contributed by atoms with Crippen LogP contribution in [-0.4, -0.2) is 15.4 Å². The summed E-state index contributed by atoms with van der Waals surface area (Å²) in [5, 5.41) is 10.8. The van der Waals surface area contributed by atoms with Crippen molar-refractivity contribution >= 4 is 39.2 Å². The van der Waals surface area contributed by atoms with Crippen LogP contribution in [0.4, 0.5) is 5.69 Å². The molecule has 0 unspecified atom stereocenters. The second kappa shape index (κ2) is 8.09. The molecule has 1 aromatic heterocycles. The van der Waals surface area contributed by atoms with Crippen molar-refractivity contribution in [2.45, 2.75) is 26.8 Å². The van der Waals surface area contributed by atoms with Crippen molar-refractivity contribution in [1.82, 2.24) is 4.57 Å². The number of hydrogen-bond donors (Lipinski definition) is 0. The van der Waals surface area contributed by atoms with Crippen molar-refractivity contribution in [2.75, 3.05) is 0 Å². The molecule has 0 fully saturated rings. The van der Waals surface area contributed by atoms with Crippen LogP contribution in [0.3, 0.4) is 0 Å². The first-order valence-corrected chi connectivity index (χ1v) is 9.41. The van der Waals surface area contributed by atoms with Crippen LogP contribution >= 0.6 is 11.3 Å². The summed E-state index contributed by atoms with van der Waals surface area (Å²) in [5.41, 5.74) is 2.81. The SMILES string of the molecule is CCCn1c(=NC(=O)/C=C/c2cccc([N+](=O)[O-])c2)sc2cc(C)ccc21. The predicted molar refractivity (Wildman–Crippen MR) is 108 cm³/mol. The number of aryl methyl sites for hydroxylation is 2. The molecule has 0 saturated heterocycles. The molecule has 0 radical (unpaired) electrons. The zero-order valence-electron chi connectivity index (χ0n) is 15.1. The molecule has 138 valence electrons. The van der Waals surface area contributed by atoms with Gasteiger partial charge in [0, 0.05) is 24.8 Å². The van der Waals surface area contributed by atoms with Crippen LogP contribution in [0, 0.1) is 17.0 Å². The third-order valence-corrected chi connectivity index (χ3v) is 5.03. The fourth-order valence-corrected chi connectivity index (χ4v) is 3.91. The van der Waals surface area contributed by atoms with E-state index in [1.54, 1.807) is 18.2 Å². The minimum absolute atomic E-state index is 0.0119. The normalized spacial score (nSPS) is 12.1. The molecule has 0 atom stereocenters. The molecule has 0 bridgehead atoms. The van der Waals surface area contributed by atoms with Crippen LogP contribution in [0.1, 0.15) is 24.5 Å². The molecule has 0 saturated carbocycles. The van der Waals surface area contributed by atoms with Gasteiger partial charge < -0.3 is 4.57 Å². The summed E-state index contributed by atoms with van der Waals surface area (Å²) in [7, 11) is 0. The number of aromatic nitrogens is 1. The van der Waals surface area contributed by atoms with E-state index in [0.29, 0.717) is 10.4 Å². The fraction of sp³-hybridized carbons (Fsp3) is 0.200. The summed E-state index contributed by atoms with van der Waals surface area (Å²) in [5.74, 6) is -0.394. The first-order chi connectivity index (χ1) is 13.0. The van der Waals surface area contributed by atoms with Gasteiger partial charge in [0.1, 0.15) is 0 Å². The van der Waals surface area contributed by atoms with Gasteiger partial charge in [-0.1, -0.05) is 36.5 Å². The van der Waals surface area contributed by atoms with Gasteiger partial charge in [-0.25, -0.2) is 0 Å². The summed E-state index contributed by atoms with van der Waals surface area (Å²) in [6, 6.07) is 12.3. The number of fused-ring (bicyclic) bond motifs is 1. The van der Waals surface area contributed by atoms with Crippen LogP contribution in [0.5, 0.6) is 0 Å². The van der Waals surface area contributed by atoms with E-state index in [1.807, 2.05) is 6.92 Å². The Hall–Kier alpha value is -3.06. The number of hydrogen-bond acceptors (Lipinski definition) is 4. The molecule has 1 heterocycles. The average Bonchev–Trinajstić information content (AvgIpc) is 2.97. The lowest BCUT2D eigenvalue weighted by Crippen LogP contribution is -2.16. The van der Waals surface area contributed by atoms with E-state index in [9.17, 15) is 14.9 Å². The molecule has 1 amide bonds. The monoisotopic (exact) mass is 381 g/mol. The van der Waals surface area contributed by atoms with Gasteiger partial charge in [-0.2, -0.15) is 4.99 Å². The maximum atomic E-state index is 12.3. The molecule has 27 heavy (non-hydrogen) atoms. The molecule has 6 nitrogen and oxygen atoms in total. The lowest BCUT2D eigenvalue weighted by molar-refractivity contribution is -0.384. The zero-order chi connectivity index (χ0) is 19.4. The molecule has 3 aromatic rings. The summed E-state index contributed by atoms with van der Waals surface area (Å²) >= 11 is 1.49. The zero-order valence-corrected chi connectivity index (χ0v) is 15.9. The van der Waals surface area contributed by atoms with Gasteiger partial charge in [0.2, 0.25) is 0 Å². The van der Waals surface area contributed by atoms with E-state index in [4.69, 9.17) is 0 Å². The Balaban J connectivity index is 1.94.